The van der Waals surface area contributed by atoms with Gasteiger partial charge in [0.25, 0.3) is 0 Å². The summed E-state index contributed by atoms with van der Waals surface area (Å²) in [6.07, 6.45) is 2.16. The summed E-state index contributed by atoms with van der Waals surface area (Å²) >= 11 is 0. The van der Waals surface area contributed by atoms with E-state index in [4.69, 9.17) is 0 Å². The molecule has 0 saturated carbocycles. The van der Waals surface area contributed by atoms with E-state index in [9.17, 15) is 5.26 Å². The normalized spacial score (nSPS) is 11.1. The molecule has 1 heterocycles. The quantitative estimate of drug-likeness (QED) is 0.790. The van der Waals surface area contributed by atoms with Gasteiger partial charge >= 0.3 is 0 Å². The van der Waals surface area contributed by atoms with Crippen LogP contribution in [-0.2, 0) is 7.05 Å². The molecular formula is C15H26N4. The predicted molar refractivity (Wildman–Crippen MR) is 79.2 cm³/mol. The van der Waals surface area contributed by atoms with Crippen LogP contribution in [0.25, 0.3) is 0 Å². The van der Waals surface area contributed by atoms with Crippen LogP contribution >= 0.6 is 0 Å². The highest BCUT2D eigenvalue weighted by Crippen LogP contribution is 2.27. The van der Waals surface area contributed by atoms with Crippen molar-refractivity contribution >= 4 is 5.82 Å². The molecule has 106 valence electrons. The molecule has 0 radical (unpaired) electrons. The maximum absolute atomic E-state index is 9.39. The van der Waals surface area contributed by atoms with Crippen molar-refractivity contribution in [3.05, 3.63) is 11.3 Å². The van der Waals surface area contributed by atoms with E-state index >= 15 is 0 Å². The van der Waals surface area contributed by atoms with E-state index in [0.717, 1.165) is 36.5 Å². The lowest BCUT2D eigenvalue weighted by atomic mass is 10.1. The molecule has 19 heavy (non-hydrogen) atoms. The number of rotatable bonds is 6. The first-order valence-electron chi connectivity index (χ1n) is 7.16. The van der Waals surface area contributed by atoms with Gasteiger partial charge in [-0.3, -0.25) is 4.68 Å². The van der Waals surface area contributed by atoms with E-state index in [0.29, 0.717) is 12.0 Å². The highest BCUT2D eigenvalue weighted by atomic mass is 15.4. The van der Waals surface area contributed by atoms with Crippen LogP contribution in [0.1, 0.15) is 51.8 Å². The van der Waals surface area contributed by atoms with Crippen molar-refractivity contribution in [1.82, 2.24) is 9.78 Å². The van der Waals surface area contributed by atoms with E-state index in [2.05, 4.69) is 43.8 Å². The van der Waals surface area contributed by atoms with Crippen LogP contribution in [0.3, 0.4) is 0 Å². The average molecular weight is 262 g/mol. The molecule has 0 unspecified atom stereocenters. The third kappa shape index (κ3) is 3.28. The number of nitrogens with zero attached hydrogens (tertiary/aromatic N) is 4. The summed E-state index contributed by atoms with van der Waals surface area (Å²) in [6.45, 7) is 11.7. The maximum atomic E-state index is 9.39. The van der Waals surface area contributed by atoms with Crippen molar-refractivity contribution in [2.75, 3.05) is 11.4 Å². The number of nitriles is 1. The van der Waals surface area contributed by atoms with Crippen LogP contribution in [0, 0.1) is 24.2 Å². The van der Waals surface area contributed by atoms with Gasteiger partial charge < -0.3 is 4.90 Å². The van der Waals surface area contributed by atoms with E-state index in [1.165, 1.54) is 0 Å². The fourth-order valence-electron chi connectivity index (χ4n) is 2.64. The summed E-state index contributed by atoms with van der Waals surface area (Å²) in [5.41, 5.74) is 1.54. The molecule has 0 amide bonds. The second-order valence-corrected chi connectivity index (χ2v) is 5.54. The Labute approximate surface area is 117 Å². The lowest BCUT2D eigenvalue weighted by molar-refractivity contribution is 0.494. The summed E-state index contributed by atoms with van der Waals surface area (Å²) in [5.74, 6) is 1.53. The molecule has 0 spiro atoms. The Morgan fingerprint density at radius 2 is 1.89 bits per heavy atom. The van der Waals surface area contributed by atoms with Crippen LogP contribution in [0.4, 0.5) is 5.82 Å². The molecule has 0 aliphatic heterocycles. The number of hydrogen-bond donors (Lipinski definition) is 0. The lowest BCUT2D eigenvalue weighted by Gasteiger charge is -2.34. The van der Waals surface area contributed by atoms with E-state index in [1.54, 1.807) is 0 Å². The summed E-state index contributed by atoms with van der Waals surface area (Å²) in [5, 5.41) is 13.8. The van der Waals surface area contributed by atoms with Crippen LogP contribution in [0.2, 0.25) is 0 Å². The zero-order valence-electron chi connectivity index (χ0n) is 13.1. The maximum Gasteiger partial charge on any atom is 0.145 e. The molecule has 1 aromatic rings. The van der Waals surface area contributed by atoms with Crippen molar-refractivity contribution in [2.24, 2.45) is 13.0 Å². The Morgan fingerprint density at radius 3 is 2.32 bits per heavy atom. The number of aromatic nitrogens is 2. The summed E-state index contributed by atoms with van der Waals surface area (Å²) < 4.78 is 1.86. The lowest BCUT2D eigenvalue weighted by Crippen LogP contribution is -2.39. The van der Waals surface area contributed by atoms with Gasteiger partial charge in [0.1, 0.15) is 17.5 Å². The minimum atomic E-state index is 0.462. The Kier molecular flexibility index (Phi) is 5.41. The fourth-order valence-corrected chi connectivity index (χ4v) is 2.64. The summed E-state index contributed by atoms with van der Waals surface area (Å²) in [7, 11) is 1.93. The molecule has 0 fully saturated rings. The second kappa shape index (κ2) is 6.60. The molecule has 0 bridgehead atoms. The molecular weight excluding hydrogens is 236 g/mol. The van der Waals surface area contributed by atoms with E-state index in [-0.39, 0.29) is 0 Å². The Hall–Kier alpha value is -1.50. The third-order valence-electron chi connectivity index (χ3n) is 3.52. The number of anilines is 1. The predicted octanol–water partition coefficient (Wildman–Crippen LogP) is 3.25. The van der Waals surface area contributed by atoms with E-state index < -0.39 is 0 Å². The zero-order valence-corrected chi connectivity index (χ0v) is 13.1. The first-order chi connectivity index (χ1) is 8.96. The van der Waals surface area contributed by atoms with Crippen molar-refractivity contribution in [2.45, 2.75) is 53.5 Å². The van der Waals surface area contributed by atoms with E-state index in [1.807, 2.05) is 18.7 Å². The minimum Gasteiger partial charge on any atom is -0.353 e. The third-order valence-corrected chi connectivity index (χ3v) is 3.52. The number of hydrogen-bond acceptors (Lipinski definition) is 3. The Bertz CT molecular complexity index is 449. The highest BCUT2D eigenvalue weighted by Gasteiger charge is 2.24. The molecule has 0 N–H and O–H groups in total. The molecule has 1 aromatic heterocycles. The molecule has 4 nitrogen and oxygen atoms in total. The van der Waals surface area contributed by atoms with Crippen LogP contribution < -0.4 is 4.90 Å². The Balaban J connectivity index is 3.28. The first kappa shape index (κ1) is 15.6. The van der Waals surface area contributed by atoms with Gasteiger partial charge in [-0.05, 0) is 25.7 Å². The molecule has 0 aliphatic rings. The van der Waals surface area contributed by atoms with Gasteiger partial charge in [-0.15, -0.1) is 0 Å². The molecule has 0 aromatic carbocycles. The topological polar surface area (TPSA) is 44.9 Å². The van der Waals surface area contributed by atoms with Crippen molar-refractivity contribution in [3.8, 4) is 6.07 Å². The van der Waals surface area contributed by atoms with Gasteiger partial charge in [-0.25, -0.2) is 0 Å². The van der Waals surface area contributed by atoms with Crippen LogP contribution in [-0.4, -0.2) is 22.4 Å². The average Bonchev–Trinajstić information content (AvgIpc) is 2.63. The smallest absolute Gasteiger partial charge is 0.145 e. The molecule has 0 aliphatic carbocycles. The van der Waals surface area contributed by atoms with Crippen molar-refractivity contribution in [1.29, 1.82) is 5.26 Å². The highest BCUT2D eigenvalue weighted by molar-refractivity contribution is 5.57. The van der Waals surface area contributed by atoms with Crippen molar-refractivity contribution < 1.29 is 0 Å². The standard InChI is InChI=1S/C15H26N4/c1-7-13(8-2)19(10-11(3)4)15-14(9-16)12(5)17-18(15)6/h11,13H,7-8,10H2,1-6H3. The molecule has 1 rings (SSSR count). The van der Waals surface area contributed by atoms with Crippen molar-refractivity contribution in [3.63, 3.8) is 0 Å². The zero-order chi connectivity index (χ0) is 14.6. The van der Waals surface area contributed by atoms with Crippen LogP contribution in [0.5, 0.6) is 0 Å². The van der Waals surface area contributed by atoms with Gasteiger partial charge in [-0.1, -0.05) is 27.7 Å². The second-order valence-electron chi connectivity index (χ2n) is 5.54. The van der Waals surface area contributed by atoms with Gasteiger partial charge in [0.05, 0.1) is 5.69 Å². The van der Waals surface area contributed by atoms with Gasteiger partial charge in [-0.2, -0.15) is 10.4 Å². The van der Waals surface area contributed by atoms with Crippen LogP contribution in [0.15, 0.2) is 0 Å². The largest absolute Gasteiger partial charge is 0.353 e. The molecule has 4 heteroatoms. The Morgan fingerprint density at radius 1 is 1.32 bits per heavy atom. The minimum absolute atomic E-state index is 0.462. The van der Waals surface area contributed by atoms with Gasteiger partial charge in [0, 0.05) is 19.6 Å². The molecule has 0 saturated heterocycles. The van der Waals surface area contributed by atoms with Gasteiger partial charge in [0.15, 0.2) is 0 Å². The first-order valence-corrected chi connectivity index (χ1v) is 7.16. The van der Waals surface area contributed by atoms with Gasteiger partial charge in [0.2, 0.25) is 0 Å². The fraction of sp³-hybridized carbons (Fsp3) is 0.733. The SMILES string of the molecule is CCC(CC)N(CC(C)C)c1c(C#N)c(C)nn1C. The summed E-state index contributed by atoms with van der Waals surface area (Å²) in [4.78, 5) is 2.36. The number of aryl methyl sites for hydroxylation is 2. The molecule has 0 atom stereocenters. The monoisotopic (exact) mass is 262 g/mol. The summed E-state index contributed by atoms with van der Waals surface area (Å²) in [6, 6.07) is 2.78.